The number of likely N-dealkylation sites (N-methyl/N-ethyl adjacent to an activating group) is 1. The number of nitrogens with one attached hydrogen (secondary N) is 1. The van der Waals surface area contributed by atoms with Crippen molar-refractivity contribution in [3.63, 3.8) is 0 Å². The fraction of sp³-hybridized carbons (Fsp3) is 0.923. The van der Waals surface area contributed by atoms with Gasteiger partial charge in [-0.25, -0.2) is 0 Å². The molecule has 0 aromatic carbocycles. The Morgan fingerprint density at radius 3 is 2.56 bits per heavy atom. The number of amides is 1. The second-order valence-electron chi connectivity index (χ2n) is 5.30. The first-order valence-electron chi connectivity index (χ1n) is 6.70. The highest BCUT2D eigenvalue weighted by atomic mass is 16.2. The molecule has 1 aliphatic heterocycles. The van der Waals surface area contributed by atoms with Gasteiger partial charge >= 0.3 is 0 Å². The smallest absolute Gasteiger partial charge is 0.223 e. The van der Waals surface area contributed by atoms with E-state index in [1.807, 2.05) is 14.0 Å². The van der Waals surface area contributed by atoms with Gasteiger partial charge in [-0.3, -0.25) is 4.79 Å². The molecule has 1 unspecified atom stereocenters. The topological polar surface area (TPSA) is 32.3 Å². The summed E-state index contributed by atoms with van der Waals surface area (Å²) in [5.41, 5.74) is 0.257. The molecule has 2 rings (SSSR count). The Balaban J connectivity index is 2.15. The van der Waals surface area contributed by atoms with E-state index in [-0.39, 0.29) is 5.54 Å². The molecular formula is C13H24N2O. The molecule has 2 fully saturated rings. The van der Waals surface area contributed by atoms with E-state index in [4.69, 9.17) is 0 Å². The van der Waals surface area contributed by atoms with Crippen LogP contribution in [0.15, 0.2) is 0 Å². The van der Waals surface area contributed by atoms with Crippen LogP contribution < -0.4 is 5.32 Å². The fourth-order valence-corrected chi connectivity index (χ4v) is 3.45. The Bertz CT molecular complexity index is 259. The van der Waals surface area contributed by atoms with Crippen LogP contribution in [0.4, 0.5) is 0 Å². The van der Waals surface area contributed by atoms with Crippen LogP contribution >= 0.6 is 0 Å². The molecule has 1 saturated carbocycles. The molecule has 1 N–H and O–H groups in total. The van der Waals surface area contributed by atoms with Crippen LogP contribution in [0, 0.1) is 0 Å². The maximum absolute atomic E-state index is 12.2. The summed E-state index contributed by atoms with van der Waals surface area (Å²) in [5.74, 6) is 0.361. The molecule has 0 aromatic rings. The summed E-state index contributed by atoms with van der Waals surface area (Å²) in [5, 5.41) is 3.24. The van der Waals surface area contributed by atoms with Crippen molar-refractivity contribution in [2.45, 2.75) is 63.5 Å². The molecule has 1 amide bonds. The van der Waals surface area contributed by atoms with Crippen LogP contribution in [0.1, 0.15) is 51.9 Å². The number of nitrogens with zero attached hydrogens (tertiary/aromatic N) is 1. The zero-order valence-electron chi connectivity index (χ0n) is 10.6. The third-order valence-electron chi connectivity index (χ3n) is 4.35. The second-order valence-corrected chi connectivity index (χ2v) is 5.30. The molecule has 1 aliphatic carbocycles. The van der Waals surface area contributed by atoms with E-state index in [0.717, 1.165) is 6.54 Å². The Morgan fingerprint density at radius 2 is 2.06 bits per heavy atom. The van der Waals surface area contributed by atoms with Crippen molar-refractivity contribution in [1.29, 1.82) is 0 Å². The predicted octanol–water partition coefficient (Wildman–Crippen LogP) is 1.92. The minimum Gasteiger partial charge on any atom is -0.333 e. The van der Waals surface area contributed by atoms with Gasteiger partial charge in [0.15, 0.2) is 0 Å². The van der Waals surface area contributed by atoms with E-state index in [1.54, 1.807) is 0 Å². The Morgan fingerprint density at radius 1 is 1.38 bits per heavy atom. The predicted molar refractivity (Wildman–Crippen MR) is 65.3 cm³/mol. The zero-order valence-corrected chi connectivity index (χ0v) is 10.6. The Hall–Kier alpha value is -0.570. The van der Waals surface area contributed by atoms with E-state index < -0.39 is 0 Å². The van der Waals surface area contributed by atoms with Crippen LogP contribution in [0.5, 0.6) is 0 Å². The number of carbonyl (C=O) groups excluding carboxylic acids is 1. The summed E-state index contributed by atoms with van der Waals surface area (Å²) in [6, 6.07) is 0.437. The van der Waals surface area contributed by atoms with Gasteiger partial charge in [0.05, 0.1) is 0 Å². The van der Waals surface area contributed by atoms with Crippen LogP contribution in [-0.2, 0) is 4.79 Å². The van der Waals surface area contributed by atoms with E-state index in [2.05, 4.69) is 10.2 Å². The van der Waals surface area contributed by atoms with Crippen molar-refractivity contribution in [2.75, 3.05) is 13.6 Å². The summed E-state index contributed by atoms with van der Waals surface area (Å²) >= 11 is 0. The lowest BCUT2D eigenvalue weighted by Crippen LogP contribution is -2.63. The molecule has 1 saturated heterocycles. The largest absolute Gasteiger partial charge is 0.333 e. The molecule has 1 spiro atoms. The highest BCUT2D eigenvalue weighted by Crippen LogP contribution is 2.46. The summed E-state index contributed by atoms with van der Waals surface area (Å²) in [4.78, 5) is 14.4. The highest BCUT2D eigenvalue weighted by molar-refractivity contribution is 5.77. The van der Waals surface area contributed by atoms with Gasteiger partial charge in [-0.2, -0.15) is 0 Å². The van der Waals surface area contributed by atoms with Gasteiger partial charge in [0.25, 0.3) is 0 Å². The first kappa shape index (κ1) is 11.9. The van der Waals surface area contributed by atoms with Crippen molar-refractivity contribution >= 4 is 5.91 Å². The SMILES string of the molecule is CCC(=O)N1C(CNC)CCCC12CCC2. The number of piperidine rings is 1. The van der Waals surface area contributed by atoms with E-state index in [1.165, 1.54) is 38.5 Å². The molecule has 0 radical (unpaired) electrons. The molecule has 2 aliphatic rings. The lowest BCUT2D eigenvalue weighted by Gasteiger charge is -2.56. The highest BCUT2D eigenvalue weighted by Gasteiger charge is 2.48. The van der Waals surface area contributed by atoms with Gasteiger partial charge in [-0.05, 0) is 45.6 Å². The number of hydrogen-bond donors (Lipinski definition) is 1. The molecule has 3 heteroatoms. The van der Waals surface area contributed by atoms with Gasteiger partial charge in [-0.15, -0.1) is 0 Å². The van der Waals surface area contributed by atoms with Gasteiger partial charge < -0.3 is 10.2 Å². The van der Waals surface area contributed by atoms with Crippen molar-refractivity contribution in [3.8, 4) is 0 Å². The van der Waals surface area contributed by atoms with Gasteiger partial charge in [0.2, 0.25) is 5.91 Å². The van der Waals surface area contributed by atoms with Crippen LogP contribution in [0.25, 0.3) is 0 Å². The van der Waals surface area contributed by atoms with Crippen LogP contribution in [-0.4, -0.2) is 36.0 Å². The number of hydrogen-bond acceptors (Lipinski definition) is 2. The normalized spacial score (nSPS) is 27.9. The third kappa shape index (κ3) is 1.86. The lowest BCUT2D eigenvalue weighted by atomic mass is 9.68. The minimum atomic E-state index is 0.257. The van der Waals surface area contributed by atoms with E-state index in [9.17, 15) is 4.79 Å². The fourth-order valence-electron chi connectivity index (χ4n) is 3.45. The maximum atomic E-state index is 12.2. The number of carbonyl (C=O) groups is 1. The van der Waals surface area contributed by atoms with Gasteiger partial charge in [0, 0.05) is 24.5 Å². The summed E-state index contributed by atoms with van der Waals surface area (Å²) in [7, 11) is 1.98. The summed E-state index contributed by atoms with van der Waals surface area (Å²) in [6.07, 6.45) is 8.13. The molecule has 92 valence electrons. The number of rotatable bonds is 3. The summed E-state index contributed by atoms with van der Waals surface area (Å²) < 4.78 is 0. The molecule has 1 atom stereocenters. The third-order valence-corrected chi connectivity index (χ3v) is 4.35. The average Bonchev–Trinajstić information content (AvgIpc) is 2.26. The average molecular weight is 224 g/mol. The first-order chi connectivity index (χ1) is 7.73. The maximum Gasteiger partial charge on any atom is 0.223 e. The van der Waals surface area contributed by atoms with Crippen LogP contribution in [0.2, 0.25) is 0 Å². The molecule has 1 heterocycles. The van der Waals surface area contributed by atoms with Crippen LogP contribution in [0.3, 0.4) is 0 Å². The Kier molecular flexibility index (Phi) is 3.53. The van der Waals surface area contributed by atoms with E-state index in [0.29, 0.717) is 18.4 Å². The molecule has 0 aromatic heterocycles. The van der Waals surface area contributed by atoms with Gasteiger partial charge in [0.1, 0.15) is 0 Å². The second kappa shape index (κ2) is 4.74. The van der Waals surface area contributed by atoms with Crippen molar-refractivity contribution < 1.29 is 4.79 Å². The molecular weight excluding hydrogens is 200 g/mol. The molecule has 0 bridgehead atoms. The number of likely N-dealkylation sites (tertiary alicyclic amines) is 1. The standard InChI is InChI=1S/C13H24N2O/c1-3-12(16)15-11(10-14-2)6-4-7-13(15)8-5-9-13/h11,14H,3-10H2,1-2H3. The van der Waals surface area contributed by atoms with E-state index >= 15 is 0 Å². The first-order valence-corrected chi connectivity index (χ1v) is 6.70. The van der Waals surface area contributed by atoms with Crippen molar-refractivity contribution in [2.24, 2.45) is 0 Å². The monoisotopic (exact) mass is 224 g/mol. The molecule has 3 nitrogen and oxygen atoms in total. The zero-order chi connectivity index (χ0) is 11.6. The van der Waals surface area contributed by atoms with Gasteiger partial charge in [-0.1, -0.05) is 6.92 Å². The Labute approximate surface area is 98.6 Å². The van der Waals surface area contributed by atoms with Crippen molar-refractivity contribution in [1.82, 2.24) is 10.2 Å². The molecule has 16 heavy (non-hydrogen) atoms. The minimum absolute atomic E-state index is 0.257. The summed E-state index contributed by atoms with van der Waals surface area (Å²) in [6.45, 7) is 2.94. The lowest BCUT2D eigenvalue weighted by molar-refractivity contribution is -0.150. The van der Waals surface area contributed by atoms with Crippen molar-refractivity contribution in [3.05, 3.63) is 0 Å². The quantitative estimate of drug-likeness (QED) is 0.794.